The number of hydrogen-bond donors (Lipinski definition) is 1. The Balaban J connectivity index is 1.88. The van der Waals surface area contributed by atoms with Crippen LogP contribution in [0.1, 0.15) is 29.2 Å². The number of halogens is 3. The molecule has 1 aromatic carbocycles. The van der Waals surface area contributed by atoms with Crippen molar-refractivity contribution in [1.82, 2.24) is 4.40 Å². The monoisotopic (exact) mass is 316 g/mol. The third-order valence-corrected chi connectivity index (χ3v) is 4.56. The summed E-state index contributed by atoms with van der Waals surface area (Å²) in [6, 6.07) is 9.36. The topological polar surface area (TPSA) is 30.4 Å². The smallest absolute Gasteiger partial charge is 0.324 e. The predicted molar refractivity (Wildman–Crippen MR) is 83.1 cm³/mol. The fourth-order valence-electron chi connectivity index (χ4n) is 3.42. The van der Waals surface area contributed by atoms with Gasteiger partial charge in [0.1, 0.15) is 0 Å². The first-order chi connectivity index (χ1) is 10.9. The molecule has 0 radical (unpaired) electrons. The molecular formula is C18H15F3N2. The minimum absolute atomic E-state index is 0.0153. The van der Waals surface area contributed by atoms with Gasteiger partial charge in [0, 0.05) is 24.0 Å². The first-order valence-corrected chi connectivity index (χ1v) is 7.51. The zero-order valence-corrected chi connectivity index (χ0v) is 12.3. The Morgan fingerprint density at radius 3 is 2.52 bits per heavy atom. The molecule has 0 fully saturated rings. The van der Waals surface area contributed by atoms with Crippen LogP contribution in [-0.2, 0) is 12.6 Å². The molecule has 1 unspecified atom stereocenters. The molecule has 1 aliphatic rings. The SMILES string of the molecule is NC1CCc2c(-c3ccc(C(F)(F)F)cc3)cn3cccc1c23. The van der Waals surface area contributed by atoms with Crippen LogP contribution in [0.25, 0.3) is 16.6 Å². The van der Waals surface area contributed by atoms with Gasteiger partial charge in [-0.3, -0.25) is 0 Å². The van der Waals surface area contributed by atoms with Gasteiger partial charge in [0.2, 0.25) is 0 Å². The first kappa shape index (κ1) is 14.3. The third kappa shape index (κ3) is 2.23. The van der Waals surface area contributed by atoms with E-state index in [0.717, 1.165) is 47.2 Å². The first-order valence-electron chi connectivity index (χ1n) is 7.51. The van der Waals surface area contributed by atoms with Crippen LogP contribution in [0.2, 0.25) is 0 Å². The van der Waals surface area contributed by atoms with E-state index in [9.17, 15) is 13.2 Å². The molecule has 0 bridgehead atoms. The Morgan fingerprint density at radius 1 is 1.09 bits per heavy atom. The fraction of sp³-hybridized carbons (Fsp3) is 0.222. The molecule has 1 aliphatic carbocycles. The minimum Gasteiger partial charge on any atom is -0.324 e. The van der Waals surface area contributed by atoms with Gasteiger partial charge in [-0.1, -0.05) is 18.2 Å². The van der Waals surface area contributed by atoms with E-state index in [2.05, 4.69) is 0 Å². The molecule has 5 heteroatoms. The van der Waals surface area contributed by atoms with Crippen molar-refractivity contribution in [3.05, 3.63) is 65.5 Å². The van der Waals surface area contributed by atoms with Crippen molar-refractivity contribution in [1.29, 1.82) is 0 Å². The molecule has 4 rings (SSSR count). The Morgan fingerprint density at radius 2 is 1.83 bits per heavy atom. The summed E-state index contributed by atoms with van der Waals surface area (Å²) < 4.78 is 40.2. The third-order valence-electron chi connectivity index (χ3n) is 4.56. The van der Waals surface area contributed by atoms with Gasteiger partial charge in [-0.25, -0.2) is 0 Å². The molecule has 0 saturated heterocycles. The van der Waals surface area contributed by atoms with E-state index in [4.69, 9.17) is 5.73 Å². The molecule has 0 spiro atoms. The fourth-order valence-corrected chi connectivity index (χ4v) is 3.42. The molecule has 2 heterocycles. The Labute approximate surface area is 131 Å². The van der Waals surface area contributed by atoms with Crippen LogP contribution >= 0.6 is 0 Å². The lowest BCUT2D eigenvalue weighted by atomic mass is 9.89. The van der Waals surface area contributed by atoms with Crippen molar-refractivity contribution >= 4 is 5.52 Å². The van der Waals surface area contributed by atoms with E-state index in [0.29, 0.717) is 0 Å². The lowest BCUT2D eigenvalue weighted by Gasteiger charge is -2.20. The highest BCUT2D eigenvalue weighted by molar-refractivity contribution is 5.80. The van der Waals surface area contributed by atoms with Gasteiger partial charge in [0.05, 0.1) is 11.1 Å². The summed E-state index contributed by atoms with van der Waals surface area (Å²) in [7, 11) is 0. The molecule has 0 saturated carbocycles. The number of nitrogens with zero attached hydrogens (tertiary/aromatic N) is 1. The predicted octanol–water partition coefficient (Wildman–Crippen LogP) is 4.57. The standard InChI is InChI=1S/C18H15F3N2/c19-18(20,21)12-5-3-11(4-6-12)15-10-23-9-1-2-14-16(22)8-7-13(15)17(14)23/h1-6,9-10,16H,7-8,22H2. The van der Waals surface area contributed by atoms with E-state index in [1.807, 2.05) is 28.9 Å². The van der Waals surface area contributed by atoms with Crippen molar-refractivity contribution in [2.45, 2.75) is 25.1 Å². The van der Waals surface area contributed by atoms with Crippen LogP contribution in [0.15, 0.2) is 48.8 Å². The van der Waals surface area contributed by atoms with Gasteiger partial charge in [-0.05, 0) is 47.7 Å². The zero-order chi connectivity index (χ0) is 16.2. The maximum atomic E-state index is 12.7. The van der Waals surface area contributed by atoms with E-state index < -0.39 is 11.7 Å². The zero-order valence-electron chi connectivity index (χ0n) is 12.3. The molecule has 3 aromatic rings. The summed E-state index contributed by atoms with van der Waals surface area (Å²) in [6.07, 6.45) is 1.32. The van der Waals surface area contributed by atoms with E-state index in [-0.39, 0.29) is 6.04 Å². The largest absolute Gasteiger partial charge is 0.416 e. The van der Waals surface area contributed by atoms with Gasteiger partial charge in [-0.2, -0.15) is 13.2 Å². The summed E-state index contributed by atoms with van der Waals surface area (Å²) in [5.74, 6) is 0. The summed E-state index contributed by atoms with van der Waals surface area (Å²) >= 11 is 0. The molecule has 2 nitrogen and oxygen atoms in total. The van der Waals surface area contributed by atoms with Crippen LogP contribution in [-0.4, -0.2) is 4.40 Å². The number of hydrogen-bond acceptors (Lipinski definition) is 1. The Bertz CT molecular complexity index is 876. The summed E-state index contributed by atoms with van der Waals surface area (Å²) in [4.78, 5) is 0. The molecular weight excluding hydrogens is 301 g/mol. The number of aryl methyl sites for hydroxylation is 1. The highest BCUT2D eigenvalue weighted by Crippen LogP contribution is 2.39. The highest BCUT2D eigenvalue weighted by atomic mass is 19.4. The van der Waals surface area contributed by atoms with Crippen molar-refractivity contribution in [3.8, 4) is 11.1 Å². The lowest BCUT2D eigenvalue weighted by molar-refractivity contribution is -0.137. The van der Waals surface area contributed by atoms with Gasteiger partial charge in [0.15, 0.2) is 0 Å². The van der Waals surface area contributed by atoms with Crippen LogP contribution in [0, 0.1) is 0 Å². The second kappa shape index (κ2) is 4.86. The van der Waals surface area contributed by atoms with E-state index >= 15 is 0 Å². The average Bonchev–Trinajstić information content (AvgIpc) is 2.90. The number of aromatic nitrogens is 1. The van der Waals surface area contributed by atoms with Crippen molar-refractivity contribution < 1.29 is 13.2 Å². The van der Waals surface area contributed by atoms with Crippen molar-refractivity contribution in [2.75, 3.05) is 0 Å². The molecule has 0 aliphatic heterocycles. The van der Waals surface area contributed by atoms with Gasteiger partial charge >= 0.3 is 6.18 Å². The number of pyridine rings is 1. The summed E-state index contributed by atoms with van der Waals surface area (Å²) in [5.41, 5.74) is 10.7. The molecule has 23 heavy (non-hydrogen) atoms. The molecule has 1 atom stereocenters. The number of alkyl halides is 3. The van der Waals surface area contributed by atoms with Crippen LogP contribution in [0.4, 0.5) is 13.2 Å². The molecule has 118 valence electrons. The summed E-state index contributed by atoms with van der Waals surface area (Å²) in [6.45, 7) is 0. The second-order valence-electron chi connectivity index (χ2n) is 5.96. The lowest BCUT2D eigenvalue weighted by Crippen LogP contribution is -2.16. The van der Waals surface area contributed by atoms with Crippen molar-refractivity contribution in [2.24, 2.45) is 5.73 Å². The Kier molecular flexibility index (Phi) is 3.03. The van der Waals surface area contributed by atoms with Crippen molar-refractivity contribution in [3.63, 3.8) is 0 Å². The molecule has 0 amide bonds. The average molecular weight is 316 g/mol. The molecule has 2 aromatic heterocycles. The van der Waals surface area contributed by atoms with Crippen LogP contribution in [0.5, 0.6) is 0 Å². The maximum absolute atomic E-state index is 12.7. The second-order valence-corrected chi connectivity index (χ2v) is 5.96. The van der Waals surface area contributed by atoms with Crippen LogP contribution in [0.3, 0.4) is 0 Å². The number of benzene rings is 1. The molecule has 2 N–H and O–H groups in total. The van der Waals surface area contributed by atoms with Gasteiger partial charge in [0.25, 0.3) is 0 Å². The highest BCUT2D eigenvalue weighted by Gasteiger charge is 2.30. The number of nitrogens with two attached hydrogens (primary N) is 1. The van der Waals surface area contributed by atoms with Gasteiger partial charge in [-0.15, -0.1) is 0 Å². The van der Waals surface area contributed by atoms with E-state index in [1.54, 1.807) is 12.1 Å². The normalized spacial score (nSPS) is 17.7. The summed E-state index contributed by atoms with van der Waals surface area (Å²) in [5, 5.41) is 0. The number of rotatable bonds is 1. The quantitative estimate of drug-likeness (QED) is 0.700. The minimum atomic E-state index is -4.31. The Hall–Kier alpha value is -2.27. The van der Waals surface area contributed by atoms with Crippen LogP contribution < -0.4 is 5.73 Å². The maximum Gasteiger partial charge on any atom is 0.416 e. The van der Waals surface area contributed by atoms with Gasteiger partial charge < -0.3 is 10.1 Å². The van der Waals surface area contributed by atoms with E-state index in [1.165, 1.54) is 5.56 Å².